The summed E-state index contributed by atoms with van der Waals surface area (Å²) in [5.74, 6) is 1.22. The van der Waals surface area contributed by atoms with Gasteiger partial charge in [-0.05, 0) is 51.7 Å². The van der Waals surface area contributed by atoms with Gasteiger partial charge in [0.05, 0.1) is 0 Å². The number of carbonyl (C=O) groups is 1. The van der Waals surface area contributed by atoms with E-state index in [0.29, 0.717) is 17.4 Å². The van der Waals surface area contributed by atoms with Gasteiger partial charge in [0.2, 0.25) is 0 Å². The molecular formula is C23H38N6O. The first kappa shape index (κ1) is 22.5. The van der Waals surface area contributed by atoms with Crippen molar-refractivity contribution in [1.82, 2.24) is 15.2 Å². The fraction of sp³-hybridized carbons (Fsp3) is 0.696. The zero-order chi connectivity index (χ0) is 21.5. The quantitative estimate of drug-likeness (QED) is 0.622. The molecule has 2 aliphatic rings. The molecule has 0 unspecified atom stereocenters. The first-order valence-electron chi connectivity index (χ1n) is 11.6. The Morgan fingerprint density at radius 3 is 2.30 bits per heavy atom. The van der Waals surface area contributed by atoms with Gasteiger partial charge < -0.3 is 20.4 Å². The van der Waals surface area contributed by atoms with Crippen LogP contribution in [-0.4, -0.2) is 66.8 Å². The molecule has 3 heterocycles. The van der Waals surface area contributed by atoms with Crippen LogP contribution in [0.3, 0.4) is 0 Å². The van der Waals surface area contributed by atoms with Gasteiger partial charge >= 0.3 is 0 Å². The smallest absolute Gasteiger partial charge is 0.270 e. The Bertz CT molecular complexity index is 718. The van der Waals surface area contributed by atoms with Gasteiger partial charge in [-0.3, -0.25) is 10.2 Å². The predicted octanol–water partition coefficient (Wildman–Crippen LogP) is 3.25. The van der Waals surface area contributed by atoms with Crippen LogP contribution in [0.15, 0.2) is 12.1 Å². The van der Waals surface area contributed by atoms with Crippen molar-refractivity contribution < 1.29 is 4.79 Å². The minimum atomic E-state index is -0.310. The zero-order valence-corrected chi connectivity index (χ0v) is 18.8. The van der Waals surface area contributed by atoms with Crippen LogP contribution in [0.5, 0.6) is 0 Å². The molecule has 0 saturated carbocycles. The summed E-state index contributed by atoms with van der Waals surface area (Å²) >= 11 is 0. The maximum absolute atomic E-state index is 12.8. The highest BCUT2D eigenvalue weighted by molar-refractivity contribution is 6.45. The number of pyridine rings is 1. The van der Waals surface area contributed by atoms with Crippen LogP contribution < -0.4 is 15.5 Å². The maximum Gasteiger partial charge on any atom is 0.270 e. The van der Waals surface area contributed by atoms with Gasteiger partial charge in [0.25, 0.3) is 5.91 Å². The third-order valence-electron chi connectivity index (χ3n) is 6.39. The molecule has 0 atom stereocenters. The van der Waals surface area contributed by atoms with Crippen LogP contribution in [0.1, 0.15) is 64.4 Å². The van der Waals surface area contributed by atoms with E-state index in [1.54, 1.807) is 7.05 Å². The highest BCUT2D eigenvalue weighted by Gasteiger charge is 2.25. The highest BCUT2D eigenvalue weighted by atomic mass is 16.1. The molecule has 0 aliphatic carbocycles. The van der Waals surface area contributed by atoms with Crippen LogP contribution >= 0.6 is 0 Å². The Labute approximate surface area is 181 Å². The Kier molecular flexibility index (Phi) is 8.08. The number of anilines is 2. The average Bonchev–Trinajstić information content (AvgIpc) is 2.73. The second-order valence-corrected chi connectivity index (χ2v) is 8.82. The number of nitrogens with zero attached hydrogens (tertiary/aromatic N) is 3. The molecule has 166 valence electrons. The van der Waals surface area contributed by atoms with Crippen molar-refractivity contribution in [3.8, 4) is 0 Å². The Morgan fingerprint density at radius 2 is 1.70 bits per heavy atom. The third-order valence-corrected chi connectivity index (χ3v) is 6.39. The van der Waals surface area contributed by atoms with Gasteiger partial charge in [-0.2, -0.15) is 0 Å². The first-order valence-corrected chi connectivity index (χ1v) is 11.6. The molecular weight excluding hydrogens is 376 g/mol. The van der Waals surface area contributed by atoms with Crippen molar-refractivity contribution in [2.45, 2.75) is 70.9 Å². The number of carbonyl (C=O) groups excluding carboxylic acids is 1. The topological polar surface area (TPSA) is 84.4 Å². The summed E-state index contributed by atoms with van der Waals surface area (Å²) in [6.07, 6.45) is 8.11. The molecule has 2 saturated heterocycles. The molecule has 2 aliphatic heterocycles. The lowest BCUT2D eigenvalue weighted by molar-refractivity contribution is -0.115. The van der Waals surface area contributed by atoms with Gasteiger partial charge in [-0.1, -0.05) is 19.3 Å². The predicted molar refractivity (Wildman–Crippen MR) is 124 cm³/mol. The van der Waals surface area contributed by atoms with Gasteiger partial charge in [0.15, 0.2) is 0 Å². The average molecular weight is 415 g/mol. The zero-order valence-electron chi connectivity index (χ0n) is 18.8. The Balaban J connectivity index is 1.64. The van der Waals surface area contributed by atoms with Gasteiger partial charge in [-0.25, -0.2) is 4.98 Å². The van der Waals surface area contributed by atoms with Crippen molar-refractivity contribution in [3.05, 3.63) is 17.7 Å². The standard InChI is InChI=1S/C23H38N6O/c1-17(2)28-15-11-18(12-16-28)26-23(30)21(24)19-9-10-20(27-22(19)25-3)29-13-7-5-4-6-8-14-29/h9-10,17-18,24H,4-8,11-16H2,1-3H3,(H,25,27)(H,26,30). The maximum atomic E-state index is 12.8. The molecule has 7 heteroatoms. The van der Waals surface area contributed by atoms with E-state index in [4.69, 9.17) is 10.4 Å². The number of likely N-dealkylation sites (tertiary alicyclic amines) is 1. The number of nitrogens with one attached hydrogen (secondary N) is 3. The Hall–Kier alpha value is -2.15. The summed E-state index contributed by atoms with van der Waals surface area (Å²) in [6, 6.07) is 4.51. The molecule has 3 rings (SSSR count). The van der Waals surface area contributed by atoms with Crippen LogP contribution in [0.25, 0.3) is 0 Å². The van der Waals surface area contributed by atoms with E-state index < -0.39 is 0 Å². The minimum absolute atomic E-state index is 0.0163. The van der Waals surface area contributed by atoms with Crippen molar-refractivity contribution >= 4 is 23.3 Å². The van der Waals surface area contributed by atoms with Crippen molar-refractivity contribution in [1.29, 1.82) is 5.41 Å². The minimum Gasteiger partial charge on any atom is -0.373 e. The molecule has 2 fully saturated rings. The molecule has 0 bridgehead atoms. The van der Waals surface area contributed by atoms with Crippen LogP contribution in [0.2, 0.25) is 0 Å². The van der Waals surface area contributed by atoms with Gasteiger partial charge in [0, 0.05) is 50.9 Å². The summed E-state index contributed by atoms with van der Waals surface area (Å²) in [5.41, 5.74) is 0.544. The van der Waals surface area contributed by atoms with Gasteiger partial charge in [0.1, 0.15) is 17.3 Å². The Morgan fingerprint density at radius 1 is 1.07 bits per heavy atom. The van der Waals surface area contributed by atoms with E-state index in [-0.39, 0.29) is 17.7 Å². The molecule has 30 heavy (non-hydrogen) atoms. The molecule has 0 spiro atoms. The lowest BCUT2D eigenvalue weighted by Crippen LogP contribution is -2.48. The molecule has 3 N–H and O–H groups in total. The number of rotatable bonds is 6. The normalized spacial score (nSPS) is 19.3. The van der Waals surface area contributed by atoms with E-state index in [2.05, 4.69) is 34.3 Å². The lowest BCUT2D eigenvalue weighted by atomic mass is 10.0. The summed E-state index contributed by atoms with van der Waals surface area (Å²) in [6.45, 7) is 8.42. The molecule has 1 aromatic heterocycles. The molecule has 7 nitrogen and oxygen atoms in total. The molecule has 1 aromatic rings. The summed E-state index contributed by atoms with van der Waals surface area (Å²) in [7, 11) is 1.80. The summed E-state index contributed by atoms with van der Waals surface area (Å²) in [5, 5.41) is 14.6. The van der Waals surface area contributed by atoms with Crippen LogP contribution in [0, 0.1) is 5.41 Å². The van der Waals surface area contributed by atoms with E-state index in [1.807, 2.05) is 12.1 Å². The largest absolute Gasteiger partial charge is 0.373 e. The van der Waals surface area contributed by atoms with E-state index >= 15 is 0 Å². The summed E-state index contributed by atoms with van der Waals surface area (Å²) in [4.78, 5) is 22.3. The van der Waals surface area contributed by atoms with Crippen molar-refractivity contribution in [3.63, 3.8) is 0 Å². The number of piperidine rings is 1. The fourth-order valence-corrected chi connectivity index (χ4v) is 4.43. The number of hydrogen-bond acceptors (Lipinski definition) is 6. The third kappa shape index (κ3) is 5.72. The monoisotopic (exact) mass is 414 g/mol. The lowest BCUT2D eigenvalue weighted by Gasteiger charge is -2.34. The second-order valence-electron chi connectivity index (χ2n) is 8.82. The van der Waals surface area contributed by atoms with Crippen LogP contribution in [-0.2, 0) is 4.79 Å². The van der Waals surface area contributed by atoms with E-state index in [0.717, 1.165) is 44.8 Å². The van der Waals surface area contributed by atoms with E-state index in [9.17, 15) is 4.79 Å². The fourth-order valence-electron chi connectivity index (χ4n) is 4.43. The molecule has 0 aromatic carbocycles. The number of hydrogen-bond donors (Lipinski definition) is 3. The van der Waals surface area contributed by atoms with Crippen molar-refractivity contribution in [2.75, 3.05) is 43.4 Å². The van der Waals surface area contributed by atoms with Crippen LogP contribution in [0.4, 0.5) is 11.6 Å². The number of amides is 1. The highest BCUT2D eigenvalue weighted by Crippen LogP contribution is 2.22. The van der Waals surface area contributed by atoms with E-state index in [1.165, 1.54) is 32.1 Å². The molecule has 0 radical (unpaired) electrons. The van der Waals surface area contributed by atoms with Gasteiger partial charge in [-0.15, -0.1) is 0 Å². The summed E-state index contributed by atoms with van der Waals surface area (Å²) < 4.78 is 0. The second kappa shape index (κ2) is 10.8. The van der Waals surface area contributed by atoms with Crippen molar-refractivity contribution in [2.24, 2.45) is 0 Å². The number of aromatic nitrogens is 1. The molecule has 1 amide bonds. The SMILES string of the molecule is CNc1nc(N2CCCCCCC2)ccc1C(=N)C(=O)NC1CCN(C(C)C)CC1. The first-order chi connectivity index (χ1) is 14.5.